The van der Waals surface area contributed by atoms with Crippen LogP contribution in [0.15, 0.2) is 36.5 Å². The first-order chi connectivity index (χ1) is 10.5. The summed E-state index contributed by atoms with van der Waals surface area (Å²) in [6.07, 6.45) is 1.44. The van der Waals surface area contributed by atoms with Gasteiger partial charge in [-0.15, -0.1) is 0 Å². The summed E-state index contributed by atoms with van der Waals surface area (Å²) in [7, 11) is 0. The second-order valence-electron chi connectivity index (χ2n) is 4.70. The zero-order valence-electron chi connectivity index (χ0n) is 11.3. The van der Waals surface area contributed by atoms with Gasteiger partial charge in [-0.05, 0) is 30.3 Å². The zero-order valence-corrected chi connectivity index (χ0v) is 11.3. The van der Waals surface area contributed by atoms with Gasteiger partial charge < -0.3 is 15.2 Å². The van der Waals surface area contributed by atoms with Crippen molar-refractivity contribution in [1.82, 2.24) is 9.38 Å². The molecular weight excluding hydrogens is 292 g/mol. The normalized spacial score (nSPS) is 11.0. The Morgan fingerprint density at radius 2 is 2.00 bits per heavy atom. The molecule has 0 unspecified atom stereocenters. The quantitative estimate of drug-likeness (QED) is 0.775. The summed E-state index contributed by atoms with van der Waals surface area (Å²) in [5.74, 6) is -2.58. The van der Waals surface area contributed by atoms with Gasteiger partial charge in [-0.1, -0.05) is 0 Å². The van der Waals surface area contributed by atoms with Crippen LogP contribution in [0.2, 0.25) is 0 Å². The standard InChI is InChI=1S/C15H11F2N3O2/c16-10-3-1-8(5-11(10)17)14-12(7-21)20-6-9(15(18)22)2-4-13(20)19-14/h1-6,21H,7H2,(H2,18,22). The lowest BCUT2D eigenvalue weighted by Crippen LogP contribution is -2.12. The van der Waals surface area contributed by atoms with E-state index in [0.29, 0.717) is 22.6 Å². The van der Waals surface area contributed by atoms with Gasteiger partial charge in [-0.25, -0.2) is 13.8 Å². The number of aliphatic hydroxyl groups is 1. The third kappa shape index (κ3) is 2.21. The lowest BCUT2D eigenvalue weighted by Gasteiger charge is -2.03. The summed E-state index contributed by atoms with van der Waals surface area (Å²) in [4.78, 5) is 15.5. The van der Waals surface area contributed by atoms with E-state index < -0.39 is 24.1 Å². The Labute approximate surface area is 123 Å². The predicted molar refractivity (Wildman–Crippen MR) is 75.0 cm³/mol. The molecule has 0 fully saturated rings. The van der Waals surface area contributed by atoms with E-state index in [1.807, 2.05) is 0 Å². The van der Waals surface area contributed by atoms with E-state index in [9.17, 15) is 18.7 Å². The van der Waals surface area contributed by atoms with Gasteiger partial charge in [0.25, 0.3) is 0 Å². The number of imidazole rings is 1. The average molecular weight is 303 g/mol. The van der Waals surface area contributed by atoms with Crippen LogP contribution in [-0.2, 0) is 6.61 Å². The molecule has 7 heteroatoms. The second kappa shape index (κ2) is 5.19. The van der Waals surface area contributed by atoms with Crippen molar-refractivity contribution in [2.75, 3.05) is 0 Å². The van der Waals surface area contributed by atoms with Crippen LogP contribution in [0, 0.1) is 11.6 Å². The number of aromatic nitrogens is 2. The maximum Gasteiger partial charge on any atom is 0.250 e. The van der Waals surface area contributed by atoms with Crippen LogP contribution in [0.4, 0.5) is 8.78 Å². The van der Waals surface area contributed by atoms with Gasteiger partial charge in [-0.2, -0.15) is 0 Å². The molecule has 0 saturated heterocycles. The number of hydrogen-bond donors (Lipinski definition) is 2. The highest BCUT2D eigenvalue weighted by Crippen LogP contribution is 2.26. The number of halogens is 2. The number of rotatable bonds is 3. The van der Waals surface area contributed by atoms with Gasteiger partial charge >= 0.3 is 0 Å². The van der Waals surface area contributed by atoms with Gasteiger partial charge in [0.1, 0.15) is 5.65 Å². The first-order valence-electron chi connectivity index (χ1n) is 6.38. The predicted octanol–water partition coefficient (Wildman–Crippen LogP) is 1.87. The summed E-state index contributed by atoms with van der Waals surface area (Å²) < 4.78 is 27.9. The van der Waals surface area contributed by atoms with E-state index in [1.165, 1.54) is 22.7 Å². The number of primary amides is 1. The number of carbonyl (C=O) groups excluding carboxylic acids is 1. The van der Waals surface area contributed by atoms with Gasteiger partial charge in [0.05, 0.1) is 23.6 Å². The van der Waals surface area contributed by atoms with Crippen LogP contribution in [-0.4, -0.2) is 20.4 Å². The molecule has 5 nitrogen and oxygen atoms in total. The van der Waals surface area contributed by atoms with E-state index >= 15 is 0 Å². The van der Waals surface area contributed by atoms with E-state index in [0.717, 1.165) is 12.1 Å². The summed E-state index contributed by atoms with van der Waals surface area (Å²) in [6, 6.07) is 6.42. The summed E-state index contributed by atoms with van der Waals surface area (Å²) in [5, 5.41) is 9.58. The molecule has 3 N–H and O–H groups in total. The summed E-state index contributed by atoms with van der Waals surface area (Å²) in [5.41, 5.74) is 6.91. The van der Waals surface area contributed by atoms with Crippen LogP contribution < -0.4 is 5.73 Å². The van der Waals surface area contributed by atoms with Gasteiger partial charge in [0.2, 0.25) is 5.91 Å². The number of amides is 1. The van der Waals surface area contributed by atoms with Gasteiger partial charge in [-0.3, -0.25) is 4.79 Å². The first-order valence-corrected chi connectivity index (χ1v) is 6.38. The molecule has 22 heavy (non-hydrogen) atoms. The number of nitrogens with two attached hydrogens (primary N) is 1. The second-order valence-corrected chi connectivity index (χ2v) is 4.70. The van der Waals surface area contributed by atoms with Crippen LogP contribution in [0.1, 0.15) is 16.1 Å². The van der Waals surface area contributed by atoms with Crippen molar-refractivity contribution in [3.63, 3.8) is 0 Å². The van der Waals surface area contributed by atoms with E-state index in [4.69, 9.17) is 5.73 Å². The molecule has 0 bridgehead atoms. The fourth-order valence-electron chi connectivity index (χ4n) is 2.26. The molecule has 0 spiro atoms. The largest absolute Gasteiger partial charge is 0.390 e. The molecular formula is C15H11F2N3O2. The lowest BCUT2D eigenvalue weighted by molar-refractivity contribution is 0.1000. The fourth-order valence-corrected chi connectivity index (χ4v) is 2.26. The van der Waals surface area contributed by atoms with Gasteiger partial charge in [0, 0.05) is 11.8 Å². The molecule has 0 aliphatic heterocycles. The Kier molecular flexibility index (Phi) is 3.34. The van der Waals surface area contributed by atoms with E-state index in [2.05, 4.69) is 4.98 Å². The molecule has 0 saturated carbocycles. The highest BCUT2D eigenvalue weighted by molar-refractivity contribution is 5.92. The molecule has 0 aliphatic carbocycles. The molecule has 0 aliphatic rings. The van der Waals surface area contributed by atoms with Crippen LogP contribution in [0.3, 0.4) is 0 Å². The van der Waals surface area contributed by atoms with Crippen LogP contribution in [0.25, 0.3) is 16.9 Å². The Bertz CT molecular complexity index is 890. The van der Waals surface area contributed by atoms with Gasteiger partial charge in [0.15, 0.2) is 11.6 Å². The smallest absolute Gasteiger partial charge is 0.250 e. The molecule has 3 aromatic rings. The number of nitrogens with zero attached hydrogens (tertiary/aromatic N) is 2. The van der Waals surface area contributed by atoms with E-state index in [-0.39, 0.29) is 5.56 Å². The number of benzene rings is 1. The topological polar surface area (TPSA) is 80.6 Å². The molecule has 112 valence electrons. The summed E-state index contributed by atoms with van der Waals surface area (Å²) in [6.45, 7) is -0.391. The van der Waals surface area contributed by atoms with Crippen molar-refractivity contribution in [3.05, 3.63) is 59.4 Å². The highest BCUT2D eigenvalue weighted by Gasteiger charge is 2.16. The van der Waals surface area contributed by atoms with Crippen LogP contribution in [0.5, 0.6) is 0 Å². The Hall–Kier alpha value is -2.80. The molecule has 1 amide bonds. The minimum absolute atomic E-state index is 0.247. The minimum Gasteiger partial charge on any atom is -0.390 e. The fraction of sp³-hybridized carbons (Fsp3) is 0.0667. The zero-order chi connectivity index (χ0) is 15.9. The highest BCUT2D eigenvalue weighted by atomic mass is 19.2. The molecule has 0 atom stereocenters. The van der Waals surface area contributed by atoms with E-state index in [1.54, 1.807) is 6.07 Å². The Morgan fingerprint density at radius 3 is 2.64 bits per heavy atom. The maximum atomic E-state index is 13.4. The number of aliphatic hydroxyl groups excluding tert-OH is 1. The number of fused-ring (bicyclic) bond motifs is 1. The number of pyridine rings is 1. The van der Waals surface area contributed by atoms with Crippen molar-refractivity contribution in [2.24, 2.45) is 5.73 Å². The Morgan fingerprint density at radius 1 is 1.23 bits per heavy atom. The lowest BCUT2D eigenvalue weighted by atomic mass is 10.1. The molecule has 1 aromatic carbocycles. The third-order valence-electron chi connectivity index (χ3n) is 3.34. The van der Waals surface area contributed by atoms with Crippen molar-refractivity contribution < 1.29 is 18.7 Å². The van der Waals surface area contributed by atoms with Crippen molar-refractivity contribution in [3.8, 4) is 11.3 Å². The minimum atomic E-state index is -1.00. The Balaban J connectivity index is 2.25. The van der Waals surface area contributed by atoms with Crippen LogP contribution >= 0.6 is 0 Å². The molecule has 0 radical (unpaired) electrons. The number of carbonyl (C=O) groups is 1. The molecule has 2 heterocycles. The number of hydrogen-bond acceptors (Lipinski definition) is 3. The monoisotopic (exact) mass is 303 g/mol. The SMILES string of the molecule is NC(=O)c1ccc2nc(-c3ccc(F)c(F)c3)c(CO)n2c1. The van der Waals surface area contributed by atoms with Crippen molar-refractivity contribution >= 4 is 11.6 Å². The summed E-state index contributed by atoms with van der Waals surface area (Å²) >= 11 is 0. The first kappa shape index (κ1) is 14.2. The van der Waals surface area contributed by atoms with Crippen molar-refractivity contribution in [2.45, 2.75) is 6.61 Å². The molecule has 2 aromatic heterocycles. The molecule has 3 rings (SSSR count). The average Bonchev–Trinajstić information content (AvgIpc) is 2.87. The third-order valence-corrected chi connectivity index (χ3v) is 3.34. The maximum absolute atomic E-state index is 13.4. The van der Waals surface area contributed by atoms with Crippen molar-refractivity contribution in [1.29, 1.82) is 0 Å².